The van der Waals surface area contributed by atoms with Gasteiger partial charge >= 0.3 is 0 Å². The van der Waals surface area contributed by atoms with Crippen LogP contribution in [-0.4, -0.2) is 62.1 Å². The summed E-state index contributed by atoms with van der Waals surface area (Å²) in [4.78, 5) is 16.7. The smallest absolute Gasteiger partial charge is 0.253 e. The number of piperazine rings is 1. The minimum absolute atomic E-state index is 0.113. The molecule has 25 heavy (non-hydrogen) atoms. The minimum Gasteiger partial charge on any atom is -0.336 e. The molecule has 0 radical (unpaired) electrons. The molecule has 1 aliphatic rings. The zero-order valence-corrected chi connectivity index (χ0v) is 15.0. The van der Waals surface area contributed by atoms with E-state index in [2.05, 4.69) is 34.3 Å². The van der Waals surface area contributed by atoms with Crippen molar-refractivity contribution in [2.45, 2.75) is 33.4 Å². The summed E-state index contributed by atoms with van der Waals surface area (Å²) in [5.41, 5.74) is 0.758. The topological polar surface area (TPSA) is 67.2 Å². The maximum Gasteiger partial charge on any atom is 0.253 e. The summed E-state index contributed by atoms with van der Waals surface area (Å²) in [5, 5.41) is 12.1. The van der Waals surface area contributed by atoms with Gasteiger partial charge < -0.3 is 4.90 Å². The van der Waals surface area contributed by atoms with Crippen molar-refractivity contribution in [3.8, 4) is 0 Å². The van der Waals surface area contributed by atoms with Gasteiger partial charge in [0, 0.05) is 38.3 Å². The van der Waals surface area contributed by atoms with Gasteiger partial charge in [0.05, 0.1) is 6.54 Å². The van der Waals surface area contributed by atoms with E-state index in [4.69, 9.17) is 0 Å². The first-order chi connectivity index (χ1) is 12.1. The van der Waals surface area contributed by atoms with E-state index in [9.17, 15) is 4.79 Å². The van der Waals surface area contributed by atoms with E-state index in [1.165, 1.54) is 0 Å². The lowest BCUT2D eigenvalue weighted by atomic mass is 10.1. The van der Waals surface area contributed by atoms with E-state index in [1.54, 1.807) is 0 Å². The summed E-state index contributed by atoms with van der Waals surface area (Å²) in [5.74, 6) is 1.65. The van der Waals surface area contributed by atoms with Crippen LogP contribution in [-0.2, 0) is 13.1 Å². The van der Waals surface area contributed by atoms with Crippen molar-refractivity contribution in [2.75, 3.05) is 26.2 Å². The first kappa shape index (κ1) is 17.5. The van der Waals surface area contributed by atoms with Gasteiger partial charge in [-0.2, -0.15) is 0 Å². The summed E-state index contributed by atoms with van der Waals surface area (Å²) < 4.78 is 1.90. The molecule has 3 rings (SSSR count). The number of carbonyl (C=O) groups excluding carboxylic acids is 1. The van der Waals surface area contributed by atoms with Crippen molar-refractivity contribution in [1.29, 1.82) is 0 Å². The number of aromatic nitrogens is 4. The van der Waals surface area contributed by atoms with Crippen molar-refractivity contribution < 1.29 is 4.79 Å². The van der Waals surface area contributed by atoms with Crippen LogP contribution in [0.15, 0.2) is 30.3 Å². The number of nitrogens with zero attached hydrogens (tertiary/aromatic N) is 6. The molecular weight excluding hydrogens is 316 g/mol. The zero-order chi connectivity index (χ0) is 17.6. The molecular formula is C18H26N6O. The van der Waals surface area contributed by atoms with Crippen LogP contribution in [0.25, 0.3) is 0 Å². The molecule has 0 atom stereocenters. The van der Waals surface area contributed by atoms with Gasteiger partial charge in [0.15, 0.2) is 5.82 Å². The number of amides is 1. The molecule has 7 nitrogen and oxygen atoms in total. The number of carbonyl (C=O) groups is 1. The Morgan fingerprint density at radius 2 is 1.84 bits per heavy atom. The Morgan fingerprint density at radius 3 is 2.52 bits per heavy atom. The van der Waals surface area contributed by atoms with Gasteiger partial charge in [0.2, 0.25) is 0 Å². The van der Waals surface area contributed by atoms with Gasteiger partial charge in [-0.3, -0.25) is 9.69 Å². The van der Waals surface area contributed by atoms with Crippen LogP contribution in [0.5, 0.6) is 0 Å². The second-order valence-corrected chi connectivity index (χ2v) is 6.94. The van der Waals surface area contributed by atoms with Crippen LogP contribution in [0.4, 0.5) is 0 Å². The summed E-state index contributed by atoms with van der Waals surface area (Å²) in [7, 11) is 0. The summed E-state index contributed by atoms with van der Waals surface area (Å²) in [6.45, 7) is 9.15. The standard InChI is InChI=1S/C18H26N6O/c1-15(2)8-9-24-17(19-20-21-24)14-22-10-12-23(13-11-22)18(25)16-6-4-3-5-7-16/h3-7,15H,8-14H2,1-2H3. The Morgan fingerprint density at radius 1 is 1.12 bits per heavy atom. The van der Waals surface area contributed by atoms with E-state index in [1.807, 2.05) is 39.9 Å². The van der Waals surface area contributed by atoms with E-state index in [-0.39, 0.29) is 5.91 Å². The molecule has 0 aliphatic carbocycles. The molecule has 0 bridgehead atoms. The Hall–Kier alpha value is -2.28. The van der Waals surface area contributed by atoms with Gasteiger partial charge in [-0.15, -0.1) is 5.10 Å². The Kier molecular flexibility index (Phi) is 5.75. The van der Waals surface area contributed by atoms with Crippen LogP contribution < -0.4 is 0 Å². The molecule has 2 heterocycles. The van der Waals surface area contributed by atoms with Crippen molar-refractivity contribution in [1.82, 2.24) is 30.0 Å². The highest BCUT2D eigenvalue weighted by atomic mass is 16.2. The number of benzene rings is 1. The van der Waals surface area contributed by atoms with Gasteiger partial charge in [0.1, 0.15) is 0 Å². The molecule has 7 heteroatoms. The maximum atomic E-state index is 12.5. The predicted molar refractivity (Wildman–Crippen MR) is 94.9 cm³/mol. The van der Waals surface area contributed by atoms with Crippen molar-refractivity contribution in [3.05, 3.63) is 41.7 Å². The third kappa shape index (κ3) is 4.63. The molecule has 0 N–H and O–H groups in total. The Balaban J connectivity index is 1.52. The first-order valence-electron chi connectivity index (χ1n) is 8.95. The van der Waals surface area contributed by atoms with Crippen molar-refractivity contribution >= 4 is 5.91 Å². The molecule has 1 aliphatic heterocycles. The second kappa shape index (κ2) is 8.20. The molecule has 1 saturated heterocycles. The Bertz CT molecular complexity index is 676. The quantitative estimate of drug-likeness (QED) is 0.799. The van der Waals surface area contributed by atoms with Gasteiger partial charge in [0.25, 0.3) is 5.91 Å². The summed E-state index contributed by atoms with van der Waals surface area (Å²) in [6.07, 6.45) is 1.07. The molecule has 1 fully saturated rings. The average molecular weight is 342 g/mol. The largest absolute Gasteiger partial charge is 0.336 e. The summed E-state index contributed by atoms with van der Waals surface area (Å²) in [6, 6.07) is 9.48. The van der Waals surface area contributed by atoms with Gasteiger partial charge in [-0.1, -0.05) is 32.0 Å². The van der Waals surface area contributed by atoms with Crippen molar-refractivity contribution in [3.63, 3.8) is 0 Å². The van der Waals surface area contributed by atoms with Gasteiger partial charge in [-0.05, 0) is 34.9 Å². The zero-order valence-electron chi connectivity index (χ0n) is 15.0. The highest BCUT2D eigenvalue weighted by Gasteiger charge is 2.23. The molecule has 0 saturated carbocycles. The third-order valence-electron chi connectivity index (χ3n) is 4.57. The normalized spacial score (nSPS) is 15.7. The lowest BCUT2D eigenvalue weighted by molar-refractivity contribution is 0.0623. The third-order valence-corrected chi connectivity index (χ3v) is 4.57. The van der Waals surface area contributed by atoms with Crippen molar-refractivity contribution in [2.24, 2.45) is 5.92 Å². The monoisotopic (exact) mass is 342 g/mol. The lowest BCUT2D eigenvalue weighted by Gasteiger charge is -2.34. The number of hydrogen-bond acceptors (Lipinski definition) is 5. The second-order valence-electron chi connectivity index (χ2n) is 6.94. The summed E-state index contributed by atoms with van der Waals surface area (Å²) >= 11 is 0. The lowest BCUT2D eigenvalue weighted by Crippen LogP contribution is -2.48. The maximum absolute atomic E-state index is 12.5. The Labute approximate surface area is 148 Å². The van der Waals surface area contributed by atoms with Crippen LogP contribution in [0.2, 0.25) is 0 Å². The fraction of sp³-hybridized carbons (Fsp3) is 0.556. The van der Waals surface area contributed by atoms with Crippen LogP contribution in [0.1, 0.15) is 36.5 Å². The van der Waals surface area contributed by atoms with Gasteiger partial charge in [-0.25, -0.2) is 4.68 Å². The van der Waals surface area contributed by atoms with Crippen LogP contribution >= 0.6 is 0 Å². The fourth-order valence-corrected chi connectivity index (χ4v) is 2.96. The molecule has 1 aromatic carbocycles. The average Bonchev–Trinajstić information content (AvgIpc) is 3.08. The molecule has 1 amide bonds. The van der Waals surface area contributed by atoms with E-state index >= 15 is 0 Å². The molecule has 2 aromatic rings. The molecule has 1 aromatic heterocycles. The molecule has 0 spiro atoms. The van der Waals surface area contributed by atoms with E-state index in [0.717, 1.165) is 57.1 Å². The SMILES string of the molecule is CC(C)CCn1nnnc1CN1CCN(C(=O)c2ccccc2)CC1. The van der Waals surface area contributed by atoms with E-state index in [0.29, 0.717) is 5.92 Å². The highest BCUT2D eigenvalue weighted by molar-refractivity contribution is 5.94. The van der Waals surface area contributed by atoms with Crippen LogP contribution in [0, 0.1) is 5.92 Å². The number of aryl methyl sites for hydroxylation is 1. The minimum atomic E-state index is 0.113. The number of rotatable bonds is 6. The predicted octanol–water partition coefficient (Wildman–Crippen LogP) is 1.68. The number of tetrazole rings is 1. The van der Waals surface area contributed by atoms with E-state index < -0.39 is 0 Å². The number of hydrogen-bond donors (Lipinski definition) is 0. The van der Waals surface area contributed by atoms with Crippen LogP contribution in [0.3, 0.4) is 0 Å². The molecule has 0 unspecified atom stereocenters. The highest BCUT2D eigenvalue weighted by Crippen LogP contribution is 2.11. The first-order valence-corrected chi connectivity index (χ1v) is 8.95. The fourth-order valence-electron chi connectivity index (χ4n) is 2.96. The molecule has 134 valence electrons.